The molecule has 6 heteroatoms. The first-order valence-electron chi connectivity index (χ1n) is 4.30. The molecule has 0 aliphatic carbocycles. The molecule has 0 unspecified atom stereocenters. The van der Waals surface area contributed by atoms with Crippen molar-refractivity contribution in [2.45, 2.75) is 5.92 Å². The summed E-state index contributed by atoms with van der Waals surface area (Å²) in [6.07, 6.45) is 0. The van der Waals surface area contributed by atoms with Crippen molar-refractivity contribution in [3.05, 3.63) is 35.9 Å². The summed E-state index contributed by atoms with van der Waals surface area (Å²) in [5, 5.41) is 17.6. The fourth-order valence-corrected chi connectivity index (χ4v) is 0.994. The van der Waals surface area contributed by atoms with Gasteiger partial charge in [-0.3, -0.25) is 4.57 Å². The van der Waals surface area contributed by atoms with Gasteiger partial charge in [-0.25, -0.2) is 0 Å². The third kappa shape index (κ3) is 7.25. The molecule has 0 fully saturated rings. The fraction of sp³-hybridized carbons (Fsp3) is 0.333. The highest BCUT2D eigenvalue weighted by atomic mass is 31.1. The van der Waals surface area contributed by atoms with E-state index < -0.39 is 8.25 Å². The molecule has 86 valence electrons. The van der Waals surface area contributed by atoms with Crippen molar-refractivity contribution in [2.24, 2.45) is 0 Å². The van der Waals surface area contributed by atoms with Gasteiger partial charge in [0.2, 0.25) is 0 Å². The van der Waals surface area contributed by atoms with Crippen LogP contribution >= 0.6 is 8.25 Å². The van der Waals surface area contributed by atoms with Gasteiger partial charge in [-0.15, -0.1) is 0 Å². The molecule has 0 saturated heterocycles. The van der Waals surface area contributed by atoms with Crippen LogP contribution in [-0.2, 0) is 4.57 Å². The summed E-state index contributed by atoms with van der Waals surface area (Å²) in [6.45, 7) is 0.00102. The van der Waals surface area contributed by atoms with Crippen LogP contribution in [0.4, 0.5) is 0 Å². The van der Waals surface area contributed by atoms with E-state index in [2.05, 4.69) is 0 Å². The van der Waals surface area contributed by atoms with Crippen LogP contribution in [0.25, 0.3) is 0 Å². The standard InChI is InChI=1S/C9H12O2.H3O3P/c10-6-9(7-11)8-4-2-1-3-5-8;1-4(2)3/h1-5,9-11H,6-7H2;4H,(H2,1,2,3). The first-order chi connectivity index (χ1) is 7.11. The van der Waals surface area contributed by atoms with Crippen molar-refractivity contribution in [3.63, 3.8) is 0 Å². The van der Waals surface area contributed by atoms with E-state index in [1.165, 1.54) is 0 Å². The highest BCUT2D eigenvalue weighted by Crippen LogP contribution is 2.12. The van der Waals surface area contributed by atoms with Gasteiger partial charge in [0.15, 0.2) is 0 Å². The molecule has 0 saturated carbocycles. The van der Waals surface area contributed by atoms with Crippen LogP contribution in [-0.4, -0.2) is 33.2 Å². The maximum atomic E-state index is 8.82. The van der Waals surface area contributed by atoms with Gasteiger partial charge >= 0.3 is 8.25 Å². The molecule has 0 aliphatic rings. The van der Waals surface area contributed by atoms with Crippen LogP contribution in [0, 0.1) is 0 Å². The average Bonchev–Trinajstić information content (AvgIpc) is 2.20. The van der Waals surface area contributed by atoms with Gasteiger partial charge in [0.1, 0.15) is 0 Å². The summed E-state index contributed by atoms with van der Waals surface area (Å²) in [4.78, 5) is 14.3. The van der Waals surface area contributed by atoms with Crippen LogP contribution < -0.4 is 0 Å². The summed E-state index contributed by atoms with van der Waals surface area (Å²) in [6, 6.07) is 9.50. The molecule has 1 aromatic carbocycles. The molecule has 0 radical (unpaired) electrons. The van der Waals surface area contributed by atoms with Gasteiger partial charge in [0.05, 0.1) is 13.2 Å². The Balaban J connectivity index is 0.000000423. The molecular formula is C9H15O5P. The topological polar surface area (TPSA) is 98.0 Å². The zero-order valence-corrected chi connectivity index (χ0v) is 9.08. The number of benzene rings is 1. The summed E-state index contributed by atoms with van der Waals surface area (Å²) < 4.78 is 8.74. The molecule has 0 aliphatic heterocycles. The predicted molar refractivity (Wildman–Crippen MR) is 56.8 cm³/mol. The van der Waals surface area contributed by atoms with Gasteiger partial charge in [0, 0.05) is 5.92 Å². The van der Waals surface area contributed by atoms with E-state index in [0.29, 0.717) is 0 Å². The van der Waals surface area contributed by atoms with Gasteiger partial charge in [0.25, 0.3) is 0 Å². The van der Waals surface area contributed by atoms with E-state index in [4.69, 9.17) is 24.6 Å². The van der Waals surface area contributed by atoms with Gasteiger partial charge in [-0.1, -0.05) is 30.3 Å². The van der Waals surface area contributed by atoms with Crippen LogP contribution in [0.2, 0.25) is 0 Å². The lowest BCUT2D eigenvalue weighted by atomic mass is 10.0. The van der Waals surface area contributed by atoms with E-state index in [9.17, 15) is 0 Å². The molecule has 1 aromatic rings. The lowest BCUT2D eigenvalue weighted by Gasteiger charge is -2.09. The van der Waals surface area contributed by atoms with E-state index in [1.54, 1.807) is 0 Å². The molecule has 0 atom stereocenters. The number of hydrogen-bond donors (Lipinski definition) is 4. The number of hydrogen-bond acceptors (Lipinski definition) is 3. The Labute approximate surface area is 88.6 Å². The first-order valence-corrected chi connectivity index (χ1v) is 5.60. The zero-order valence-electron chi connectivity index (χ0n) is 8.08. The minimum atomic E-state index is -3.13. The maximum absolute atomic E-state index is 8.82. The summed E-state index contributed by atoms with van der Waals surface area (Å²) in [5.41, 5.74) is 0.984. The Morgan fingerprint density at radius 1 is 1.07 bits per heavy atom. The second-order valence-electron chi connectivity index (χ2n) is 2.76. The predicted octanol–water partition coefficient (Wildman–Crippen LogP) is 0.115. The summed E-state index contributed by atoms with van der Waals surface area (Å²) in [5.74, 6) is -0.129. The number of aliphatic hydroxyl groups is 2. The SMILES string of the molecule is O=[PH](O)O.OCC(CO)c1ccccc1. The van der Waals surface area contributed by atoms with Crippen LogP contribution in [0.3, 0.4) is 0 Å². The van der Waals surface area contributed by atoms with Crippen molar-refractivity contribution >= 4 is 8.25 Å². The quantitative estimate of drug-likeness (QED) is 0.557. The normalized spacial score (nSPS) is 10.0. The van der Waals surface area contributed by atoms with Crippen LogP contribution in [0.15, 0.2) is 30.3 Å². The fourth-order valence-electron chi connectivity index (χ4n) is 0.994. The number of rotatable bonds is 3. The minimum Gasteiger partial charge on any atom is -0.396 e. The molecule has 0 bridgehead atoms. The molecule has 4 N–H and O–H groups in total. The van der Waals surface area contributed by atoms with E-state index in [0.717, 1.165) is 5.56 Å². The second-order valence-corrected chi connectivity index (χ2v) is 3.32. The molecule has 0 heterocycles. The molecular weight excluding hydrogens is 219 g/mol. The lowest BCUT2D eigenvalue weighted by Crippen LogP contribution is -2.08. The number of aliphatic hydroxyl groups excluding tert-OH is 2. The third-order valence-corrected chi connectivity index (χ3v) is 1.71. The molecule has 0 aromatic heterocycles. The summed E-state index contributed by atoms with van der Waals surface area (Å²) in [7, 11) is -3.13. The molecule has 15 heavy (non-hydrogen) atoms. The largest absolute Gasteiger partial charge is 0.396 e. The molecule has 0 amide bonds. The zero-order chi connectivity index (χ0) is 11.7. The Morgan fingerprint density at radius 2 is 1.47 bits per heavy atom. The van der Waals surface area contributed by atoms with Crippen LogP contribution in [0.5, 0.6) is 0 Å². The van der Waals surface area contributed by atoms with E-state index >= 15 is 0 Å². The first kappa shape index (κ1) is 14.3. The smallest absolute Gasteiger partial charge is 0.314 e. The van der Waals surface area contributed by atoms with Crippen molar-refractivity contribution in [3.8, 4) is 0 Å². The lowest BCUT2D eigenvalue weighted by molar-refractivity contribution is 0.192. The van der Waals surface area contributed by atoms with Crippen LogP contribution in [0.1, 0.15) is 11.5 Å². The Bertz CT molecular complexity index is 269. The minimum absolute atomic E-state index is 0.000509. The van der Waals surface area contributed by atoms with E-state index in [-0.39, 0.29) is 19.1 Å². The Kier molecular flexibility index (Phi) is 8.18. The highest BCUT2D eigenvalue weighted by molar-refractivity contribution is 7.30. The molecule has 0 spiro atoms. The monoisotopic (exact) mass is 234 g/mol. The van der Waals surface area contributed by atoms with Crippen molar-refractivity contribution in [2.75, 3.05) is 13.2 Å². The Morgan fingerprint density at radius 3 is 1.80 bits per heavy atom. The Hall–Kier alpha value is -0.710. The second kappa shape index (κ2) is 8.59. The molecule has 1 rings (SSSR count). The molecule has 5 nitrogen and oxygen atoms in total. The van der Waals surface area contributed by atoms with Crippen molar-refractivity contribution in [1.82, 2.24) is 0 Å². The van der Waals surface area contributed by atoms with Gasteiger partial charge < -0.3 is 20.0 Å². The van der Waals surface area contributed by atoms with Crippen molar-refractivity contribution < 1.29 is 24.6 Å². The summed E-state index contributed by atoms with van der Waals surface area (Å²) >= 11 is 0. The maximum Gasteiger partial charge on any atom is 0.314 e. The average molecular weight is 234 g/mol. The van der Waals surface area contributed by atoms with Crippen molar-refractivity contribution in [1.29, 1.82) is 0 Å². The van der Waals surface area contributed by atoms with E-state index in [1.807, 2.05) is 30.3 Å². The van der Waals surface area contributed by atoms with Gasteiger partial charge in [-0.2, -0.15) is 0 Å². The third-order valence-electron chi connectivity index (χ3n) is 1.71. The van der Waals surface area contributed by atoms with Gasteiger partial charge in [-0.05, 0) is 5.56 Å². The highest BCUT2D eigenvalue weighted by Gasteiger charge is 2.06.